The number of benzene rings is 1. The summed E-state index contributed by atoms with van der Waals surface area (Å²) in [5.74, 6) is 0.439. The van der Waals surface area contributed by atoms with Gasteiger partial charge in [-0.3, -0.25) is 9.69 Å². The lowest BCUT2D eigenvalue weighted by atomic mass is 10.1. The third kappa shape index (κ3) is 2.63. The van der Waals surface area contributed by atoms with E-state index in [4.69, 9.17) is 0 Å². The fourth-order valence-corrected chi connectivity index (χ4v) is 2.59. The molecule has 0 fully saturated rings. The van der Waals surface area contributed by atoms with Gasteiger partial charge in [0.25, 0.3) is 5.56 Å². The minimum atomic E-state index is -0.228. The van der Waals surface area contributed by atoms with E-state index in [1.807, 2.05) is 0 Å². The van der Waals surface area contributed by atoms with E-state index in [0.29, 0.717) is 18.9 Å². The van der Waals surface area contributed by atoms with Gasteiger partial charge in [0.05, 0.1) is 11.3 Å². The van der Waals surface area contributed by atoms with E-state index < -0.39 is 0 Å². The molecule has 104 valence electrons. The van der Waals surface area contributed by atoms with Crippen molar-refractivity contribution in [2.75, 3.05) is 6.54 Å². The maximum Gasteiger partial charge on any atom is 0.255 e. The van der Waals surface area contributed by atoms with Crippen LogP contribution in [0.15, 0.2) is 29.1 Å². The van der Waals surface area contributed by atoms with Crippen LogP contribution in [-0.2, 0) is 19.5 Å². The predicted octanol–water partition coefficient (Wildman–Crippen LogP) is 1.78. The van der Waals surface area contributed by atoms with E-state index in [1.54, 1.807) is 19.1 Å². The molecule has 4 nitrogen and oxygen atoms in total. The molecule has 0 radical (unpaired) electrons. The third-order valence-electron chi connectivity index (χ3n) is 3.59. The Kier molecular flexibility index (Phi) is 3.36. The highest BCUT2D eigenvalue weighted by Gasteiger charge is 2.20. The largest absolute Gasteiger partial charge is 0.310 e. The molecule has 0 amide bonds. The highest BCUT2D eigenvalue weighted by atomic mass is 19.1. The molecule has 0 bridgehead atoms. The van der Waals surface area contributed by atoms with Gasteiger partial charge in [0.2, 0.25) is 0 Å². The summed E-state index contributed by atoms with van der Waals surface area (Å²) in [5, 5.41) is 0. The molecular formula is C15H16FN3O. The molecule has 1 aromatic heterocycles. The van der Waals surface area contributed by atoms with Crippen molar-refractivity contribution in [1.29, 1.82) is 0 Å². The van der Waals surface area contributed by atoms with Crippen LogP contribution in [-0.4, -0.2) is 21.4 Å². The normalized spacial score (nSPS) is 15.1. The Morgan fingerprint density at radius 2 is 2.10 bits per heavy atom. The number of nitrogens with zero attached hydrogens (tertiary/aromatic N) is 2. The van der Waals surface area contributed by atoms with Crippen LogP contribution in [0, 0.1) is 12.7 Å². The van der Waals surface area contributed by atoms with Gasteiger partial charge in [-0.15, -0.1) is 0 Å². The summed E-state index contributed by atoms with van der Waals surface area (Å²) in [6.45, 7) is 3.97. The highest BCUT2D eigenvalue weighted by Crippen LogP contribution is 2.16. The molecule has 1 aromatic carbocycles. The number of hydrogen-bond donors (Lipinski definition) is 1. The van der Waals surface area contributed by atoms with Gasteiger partial charge in [-0.25, -0.2) is 9.37 Å². The first kappa shape index (κ1) is 13.0. The van der Waals surface area contributed by atoms with Crippen LogP contribution in [0.2, 0.25) is 0 Å². The first-order valence-corrected chi connectivity index (χ1v) is 6.67. The average Bonchev–Trinajstić information content (AvgIpc) is 2.42. The molecule has 0 saturated heterocycles. The second kappa shape index (κ2) is 5.17. The Morgan fingerprint density at radius 3 is 2.85 bits per heavy atom. The molecule has 2 heterocycles. The lowest BCUT2D eigenvalue weighted by Crippen LogP contribution is -2.35. The van der Waals surface area contributed by atoms with Crippen LogP contribution in [0.3, 0.4) is 0 Å². The van der Waals surface area contributed by atoms with E-state index in [0.717, 1.165) is 29.8 Å². The maximum atomic E-state index is 12.9. The third-order valence-corrected chi connectivity index (χ3v) is 3.59. The molecule has 0 atom stereocenters. The lowest BCUT2D eigenvalue weighted by molar-refractivity contribution is 0.241. The quantitative estimate of drug-likeness (QED) is 0.907. The van der Waals surface area contributed by atoms with Gasteiger partial charge in [0.1, 0.15) is 11.6 Å². The SMILES string of the molecule is Cc1nc2c(c(=O)[nH]1)CN(Cc1ccc(F)cc1)CC2. The Balaban J connectivity index is 1.79. The number of nitrogens with one attached hydrogen (secondary N) is 1. The van der Waals surface area contributed by atoms with E-state index in [9.17, 15) is 9.18 Å². The molecule has 2 aromatic rings. The van der Waals surface area contributed by atoms with Gasteiger partial charge < -0.3 is 4.98 Å². The molecule has 0 saturated carbocycles. The zero-order chi connectivity index (χ0) is 14.1. The minimum Gasteiger partial charge on any atom is -0.310 e. The molecule has 1 N–H and O–H groups in total. The number of aromatic nitrogens is 2. The first-order chi connectivity index (χ1) is 9.61. The minimum absolute atomic E-state index is 0.0451. The summed E-state index contributed by atoms with van der Waals surface area (Å²) >= 11 is 0. The fraction of sp³-hybridized carbons (Fsp3) is 0.333. The van der Waals surface area contributed by atoms with E-state index >= 15 is 0 Å². The molecule has 1 aliphatic heterocycles. The molecular weight excluding hydrogens is 257 g/mol. The number of halogens is 1. The smallest absolute Gasteiger partial charge is 0.255 e. The Bertz CT molecular complexity index is 679. The van der Waals surface area contributed by atoms with Crippen molar-refractivity contribution in [3.8, 4) is 0 Å². The van der Waals surface area contributed by atoms with Crippen molar-refractivity contribution in [3.63, 3.8) is 0 Å². The molecule has 0 unspecified atom stereocenters. The number of H-pyrrole nitrogens is 1. The molecule has 5 heteroatoms. The Hall–Kier alpha value is -2.01. The number of fused-ring (bicyclic) bond motifs is 1. The van der Waals surface area contributed by atoms with Gasteiger partial charge in [-0.05, 0) is 24.6 Å². The summed E-state index contributed by atoms with van der Waals surface area (Å²) < 4.78 is 12.9. The van der Waals surface area contributed by atoms with Crippen molar-refractivity contribution < 1.29 is 4.39 Å². The van der Waals surface area contributed by atoms with Gasteiger partial charge in [0.15, 0.2) is 0 Å². The average molecular weight is 273 g/mol. The van der Waals surface area contributed by atoms with Gasteiger partial charge in [-0.2, -0.15) is 0 Å². The van der Waals surface area contributed by atoms with E-state index in [1.165, 1.54) is 12.1 Å². The summed E-state index contributed by atoms with van der Waals surface area (Å²) in [5.41, 5.74) is 2.66. The Labute approximate surface area is 116 Å². The zero-order valence-corrected chi connectivity index (χ0v) is 11.3. The number of aryl methyl sites for hydroxylation is 1. The second-order valence-electron chi connectivity index (χ2n) is 5.16. The molecule has 0 aliphatic carbocycles. The summed E-state index contributed by atoms with van der Waals surface area (Å²) in [7, 11) is 0. The maximum absolute atomic E-state index is 12.9. The predicted molar refractivity (Wildman–Crippen MR) is 73.8 cm³/mol. The van der Waals surface area contributed by atoms with Crippen LogP contribution in [0.25, 0.3) is 0 Å². The molecule has 0 spiro atoms. The lowest BCUT2D eigenvalue weighted by Gasteiger charge is -2.27. The van der Waals surface area contributed by atoms with Crippen LogP contribution in [0.5, 0.6) is 0 Å². The number of aromatic amines is 1. The monoisotopic (exact) mass is 273 g/mol. The molecule has 3 rings (SSSR count). The first-order valence-electron chi connectivity index (χ1n) is 6.67. The topological polar surface area (TPSA) is 49.0 Å². The van der Waals surface area contributed by atoms with Crippen LogP contribution < -0.4 is 5.56 Å². The van der Waals surface area contributed by atoms with Crippen LogP contribution in [0.1, 0.15) is 22.6 Å². The van der Waals surface area contributed by atoms with Crippen molar-refractivity contribution in [2.45, 2.75) is 26.4 Å². The van der Waals surface area contributed by atoms with E-state index in [2.05, 4.69) is 14.9 Å². The fourth-order valence-electron chi connectivity index (χ4n) is 2.59. The Morgan fingerprint density at radius 1 is 1.35 bits per heavy atom. The molecule has 1 aliphatic rings. The number of hydrogen-bond acceptors (Lipinski definition) is 3. The zero-order valence-electron chi connectivity index (χ0n) is 11.3. The van der Waals surface area contributed by atoms with Gasteiger partial charge in [-0.1, -0.05) is 12.1 Å². The number of rotatable bonds is 2. The summed E-state index contributed by atoms with van der Waals surface area (Å²) in [4.78, 5) is 21.3. The molecule has 20 heavy (non-hydrogen) atoms. The summed E-state index contributed by atoms with van der Waals surface area (Å²) in [6.07, 6.45) is 0.779. The van der Waals surface area contributed by atoms with Gasteiger partial charge in [0, 0.05) is 26.1 Å². The van der Waals surface area contributed by atoms with Crippen LogP contribution in [0.4, 0.5) is 4.39 Å². The van der Waals surface area contributed by atoms with Crippen molar-refractivity contribution in [2.24, 2.45) is 0 Å². The second-order valence-corrected chi connectivity index (χ2v) is 5.16. The highest BCUT2D eigenvalue weighted by molar-refractivity contribution is 5.22. The van der Waals surface area contributed by atoms with Crippen molar-refractivity contribution >= 4 is 0 Å². The van der Waals surface area contributed by atoms with Crippen LogP contribution >= 0.6 is 0 Å². The van der Waals surface area contributed by atoms with Crippen molar-refractivity contribution in [1.82, 2.24) is 14.9 Å². The standard InChI is InChI=1S/C15H16FN3O/c1-10-17-14-6-7-19(9-13(14)15(20)18-10)8-11-2-4-12(16)5-3-11/h2-5H,6-9H2,1H3,(H,17,18,20). The van der Waals surface area contributed by atoms with E-state index in [-0.39, 0.29) is 11.4 Å². The van der Waals surface area contributed by atoms with Gasteiger partial charge >= 0.3 is 0 Å². The van der Waals surface area contributed by atoms with Crippen molar-refractivity contribution in [3.05, 3.63) is 63.1 Å². The summed E-state index contributed by atoms with van der Waals surface area (Å²) in [6, 6.07) is 6.49.